The van der Waals surface area contributed by atoms with Crippen LogP contribution in [-0.2, 0) is 35.7 Å². The van der Waals surface area contributed by atoms with Gasteiger partial charge in [-0.1, -0.05) is 182 Å². The second kappa shape index (κ2) is 33.0. The standard InChI is InChI=1S/2C18H15P.4CO.Al.4ClH.Mn/c2*1-4-10-16(11-5-1)19(17-12-6-2-7-13-17)18-14-8-3-9-15-18;4*1-2;;;;;;/h2*1-15H;;;;;;4*1H;/q;;;;;;+3;;;;;/p-4. The van der Waals surface area contributed by atoms with Crippen LogP contribution in [0.2, 0.25) is 0 Å². The molecule has 263 valence electrons. The van der Waals surface area contributed by atoms with Crippen LogP contribution in [-0.4, -0.2) is 9.39 Å². The van der Waals surface area contributed by atoms with Crippen LogP contribution >= 0.6 is 56.0 Å². The van der Waals surface area contributed by atoms with Gasteiger partial charge in [-0.15, -0.1) is 0 Å². The van der Waals surface area contributed by atoms with Crippen molar-refractivity contribution < 1.29 is 35.7 Å². The van der Waals surface area contributed by atoms with Crippen molar-refractivity contribution in [1.82, 2.24) is 0 Å². The molecule has 52 heavy (non-hydrogen) atoms. The first-order chi connectivity index (χ1) is 24.9. The van der Waals surface area contributed by atoms with E-state index in [0.29, 0.717) is 0 Å². The van der Waals surface area contributed by atoms with Crippen LogP contribution in [0, 0.1) is 26.6 Å². The molecule has 0 heterocycles. The van der Waals surface area contributed by atoms with E-state index in [1.54, 1.807) is 0 Å². The summed E-state index contributed by atoms with van der Waals surface area (Å²) in [5, 5.41) is 8.39. The van der Waals surface area contributed by atoms with Gasteiger partial charge in [0, 0.05) is 17.1 Å². The first kappa shape index (κ1) is 51.5. The minimum atomic E-state index is -2.94. The molecule has 1 radical (unpaired) electrons. The molecule has 0 aromatic heterocycles. The first-order valence-corrected chi connectivity index (χ1v) is 24.2. The van der Waals surface area contributed by atoms with Gasteiger partial charge in [-0.2, -0.15) is 0 Å². The Balaban J connectivity index is 0. The van der Waals surface area contributed by atoms with Crippen LogP contribution in [0.3, 0.4) is 0 Å². The molecule has 0 amide bonds. The van der Waals surface area contributed by atoms with E-state index in [1.165, 1.54) is 31.8 Å². The second-order valence-corrected chi connectivity index (χ2v) is 26.5. The van der Waals surface area contributed by atoms with Crippen LogP contribution in [0.5, 0.6) is 0 Å². The molecule has 6 aromatic carbocycles. The Morgan fingerprint density at radius 3 is 0.481 bits per heavy atom. The fourth-order valence-corrected chi connectivity index (χ4v) is 8.97. The molecule has 4 nitrogen and oxygen atoms in total. The summed E-state index contributed by atoms with van der Waals surface area (Å²) in [5.74, 6) is 0. The SMILES string of the molecule is [C-]#[O+].[C-]#[O+].[C-]#[O+].[C-]#[O+].[Cl][Al-]([Cl])([Cl])[Cl].[Mn].c1ccc(P(c2ccccc2)c2ccccc2)cc1.c1ccc(P(c2ccccc2)c2ccccc2)cc1. The molecule has 0 atom stereocenters. The molecule has 0 aliphatic heterocycles. The normalized spacial score (nSPS) is 9.04. The predicted molar refractivity (Wildman–Crippen MR) is 215 cm³/mol. The van der Waals surface area contributed by atoms with Crippen molar-refractivity contribution in [2.45, 2.75) is 0 Å². The number of benzene rings is 6. The number of hydrogen-bond acceptors (Lipinski definition) is 0. The zero-order valence-electron chi connectivity index (χ0n) is 27.3. The van der Waals surface area contributed by atoms with Gasteiger partial charge >= 0.3 is 54.6 Å². The molecule has 0 saturated heterocycles. The zero-order chi connectivity index (χ0) is 38.3. The molecular weight excluding hydrogens is 830 g/mol. The van der Waals surface area contributed by atoms with E-state index in [-0.39, 0.29) is 17.1 Å². The Morgan fingerprint density at radius 1 is 0.288 bits per heavy atom. The largest absolute Gasteiger partial charge is 0.564 e. The molecule has 0 fully saturated rings. The molecule has 0 aliphatic rings. The Labute approximate surface area is 338 Å². The molecule has 6 rings (SSSR count). The number of halogens is 4. The maximum Gasteiger partial charge on any atom is 0.564 e. The Hall–Kier alpha value is -2.65. The fraction of sp³-hybridized carbons (Fsp3) is 0. The van der Waals surface area contributed by atoms with Gasteiger partial charge in [-0.05, 0) is 47.7 Å². The van der Waals surface area contributed by atoms with Crippen LogP contribution in [0.4, 0.5) is 0 Å². The van der Waals surface area contributed by atoms with Gasteiger partial charge in [-0.3, -0.25) is 0 Å². The van der Waals surface area contributed by atoms with E-state index >= 15 is 0 Å². The van der Waals surface area contributed by atoms with Crippen molar-refractivity contribution in [2.24, 2.45) is 0 Å². The van der Waals surface area contributed by atoms with Gasteiger partial charge in [0.05, 0.1) is 0 Å². The summed E-state index contributed by atoms with van der Waals surface area (Å²) < 4.78 is 30.0. The number of rotatable bonds is 6. The van der Waals surface area contributed by atoms with E-state index in [9.17, 15) is 0 Å². The van der Waals surface area contributed by atoms with E-state index in [0.717, 1.165) is 0 Å². The minimum Gasteiger partial charge on any atom is -0.391 e. The smallest absolute Gasteiger partial charge is 0.391 e. The van der Waals surface area contributed by atoms with Crippen molar-refractivity contribution >= 4 is 97.3 Å². The summed E-state index contributed by atoms with van der Waals surface area (Å²) in [6.07, 6.45) is 0. The Morgan fingerprint density at radius 2 is 0.385 bits per heavy atom. The van der Waals surface area contributed by atoms with E-state index < -0.39 is 25.2 Å². The molecule has 0 N–H and O–H groups in total. The molecule has 6 aromatic rings. The first-order valence-electron chi connectivity index (χ1n) is 14.5. The van der Waals surface area contributed by atoms with Crippen molar-refractivity contribution in [2.75, 3.05) is 0 Å². The maximum absolute atomic E-state index is 7.50. The third-order valence-corrected chi connectivity index (χ3v) is 11.0. The summed E-state index contributed by atoms with van der Waals surface area (Å²) in [4.78, 5) is 0. The van der Waals surface area contributed by atoms with Crippen LogP contribution < -0.4 is 31.8 Å². The third kappa shape index (κ3) is 21.2. The van der Waals surface area contributed by atoms with Crippen LogP contribution in [0.25, 0.3) is 0 Å². The van der Waals surface area contributed by atoms with Crippen LogP contribution in [0.1, 0.15) is 0 Å². The van der Waals surface area contributed by atoms with Crippen molar-refractivity contribution in [3.63, 3.8) is 0 Å². The molecule has 0 aliphatic carbocycles. The van der Waals surface area contributed by atoms with E-state index in [2.05, 4.69) is 209 Å². The third-order valence-electron chi connectivity index (χ3n) is 6.09. The molecule has 0 unspecified atom stereocenters. The summed E-state index contributed by atoms with van der Waals surface area (Å²) >= 11 is 0. The predicted octanol–water partition coefficient (Wildman–Crippen LogP) is 9.11. The summed E-state index contributed by atoms with van der Waals surface area (Å²) in [5.41, 5.74) is 0. The van der Waals surface area contributed by atoms with Crippen molar-refractivity contribution in [1.29, 1.82) is 0 Å². The van der Waals surface area contributed by atoms with Gasteiger partial charge in [-0.25, -0.2) is 0 Å². The van der Waals surface area contributed by atoms with Crippen molar-refractivity contribution in [3.05, 3.63) is 209 Å². The average molecular weight is 860 g/mol. The molecule has 0 spiro atoms. The van der Waals surface area contributed by atoms with Gasteiger partial charge < -0.3 is 40.2 Å². The molecule has 12 heteroatoms. The Bertz CT molecular complexity index is 1470. The second-order valence-electron chi connectivity index (χ2n) is 9.18. The zero-order valence-corrected chi connectivity index (χ0v) is 34.5. The average Bonchev–Trinajstić information content (AvgIpc) is 3.20. The molecule has 0 bridgehead atoms. The topological polar surface area (TPSA) is 79.6 Å². The monoisotopic (exact) mass is 858 g/mol. The maximum atomic E-state index is 7.50. The summed E-state index contributed by atoms with van der Waals surface area (Å²) in [7, 11) is 16.1. The fourth-order valence-electron chi connectivity index (χ4n) is 4.36. The van der Waals surface area contributed by atoms with Gasteiger partial charge in [0.15, 0.2) is 0 Å². The summed E-state index contributed by atoms with van der Waals surface area (Å²) in [6.45, 7) is 18.0. The van der Waals surface area contributed by atoms with E-state index in [4.69, 9.17) is 58.8 Å². The quantitative estimate of drug-likeness (QED) is 0.0694. The van der Waals surface area contributed by atoms with Crippen molar-refractivity contribution in [3.8, 4) is 0 Å². The van der Waals surface area contributed by atoms with Gasteiger partial charge in [0.2, 0.25) is 0 Å². The molecule has 0 saturated carbocycles. The summed E-state index contributed by atoms with van der Waals surface area (Å²) in [6, 6.07) is 64.7. The Kier molecular flexibility index (Phi) is 32.6. The molecular formula is C40H30AlCl4MnO4P2-. The minimum absolute atomic E-state index is 0. The number of hydrogen-bond donors (Lipinski definition) is 0. The van der Waals surface area contributed by atoms with Gasteiger partial charge in [0.25, 0.3) is 0 Å². The van der Waals surface area contributed by atoms with E-state index in [1.807, 2.05) is 0 Å². The van der Waals surface area contributed by atoms with Gasteiger partial charge in [0.1, 0.15) is 0 Å². The van der Waals surface area contributed by atoms with Crippen LogP contribution in [0.15, 0.2) is 182 Å².